The Kier molecular flexibility index (Phi) is 10.1. The Morgan fingerprint density at radius 2 is 2.12 bits per heavy atom. The van der Waals surface area contributed by atoms with Gasteiger partial charge in [0.1, 0.15) is 11.9 Å². The Morgan fingerprint density at radius 1 is 1.38 bits per heavy atom. The first kappa shape index (κ1) is 21.0. The van der Waals surface area contributed by atoms with Crippen molar-refractivity contribution in [2.75, 3.05) is 40.4 Å². The van der Waals surface area contributed by atoms with Crippen molar-refractivity contribution in [2.24, 2.45) is 10.9 Å². The number of rotatable bonds is 7. The number of ether oxygens (including phenoxy) is 2. The van der Waals surface area contributed by atoms with E-state index in [1.807, 2.05) is 37.4 Å². The number of hydrogen-bond donors (Lipinski definition) is 1. The summed E-state index contributed by atoms with van der Waals surface area (Å²) in [5.41, 5.74) is 0. The fourth-order valence-electron chi connectivity index (χ4n) is 2.90. The highest BCUT2D eigenvalue weighted by molar-refractivity contribution is 14.0. The monoisotopic (exact) mass is 447 g/mol. The van der Waals surface area contributed by atoms with Crippen LogP contribution >= 0.6 is 24.0 Å². The molecule has 0 amide bonds. The number of methoxy groups -OCH3 is 1. The largest absolute Gasteiger partial charge is 0.489 e. The number of hydrogen-bond acceptors (Lipinski definition) is 3. The van der Waals surface area contributed by atoms with E-state index in [9.17, 15) is 0 Å². The lowest BCUT2D eigenvalue weighted by Crippen LogP contribution is -2.44. The molecule has 1 heterocycles. The van der Waals surface area contributed by atoms with E-state index in [0.717, 1.165) is 50.8 Å². The summed E-state index contributed by atoms with van der Waals surface area (Å²) in [6, 6.07) is 9.97. The van der Waals surface area contributed by atoms with Crippen LogP contribution in [0.5, 0.6) is 5.75 Å². The predicted octanol–water partition coefficient (Wildman–Crippen LogP) is 3.01. The lowest BCUT2D eigenvalue weighted by atomic mass is 10.1. The molecule has 0 aromatic heterocycles. The molecule has 0 spiro atoms. The quantitative estimate of drug-likeness (QED) is 0.397. The molecule has 0 radical (unpaired) electrons. The second-order valence-electron chi connectivity index (χ2n) is 5.95. The highest BCUT2D eigenvalue weighted by atomic mass is 127. The van der Waals surface area contributed by atoms with Crippen molar-refractivity contribution in [1.29, 1.82) is 0 Å². The van der Waals surface area contributed by atoms with E-state index in [0.29, 0.717) is 5.92 Å². The minimum Gasteiger partial charge on any atom is -0.489 e. The normalized spacial score (nSPS) is 18.9. The SMILES string of the molecule is CCC(CNC(=NC)N1CCC(COC)C1)Oc1ccccc1.I. The molecule has 24 heavy (non-hydrogen) atoms. The van der Waals surface area contributed by atoms with Crippen LogP contribution in [0, 0.1) is 5.92 Å². The molecule has 1 aliphatic rings. The summed E-state index contributed by atoms with van der Waals surface area (Å²) in [7, 11) is 3.60. The van der Waals surface area contributed by atoms with Crippen LogP contribution in [-0.4, -0.2) is 57.4 Å². The number of benzene rings is 1. The third-order valence-corrected chi connectivity index (χ3v) is 4.19. The third kappa shape index (κ3) is 6.47. The van der Waals surface area contributed by atoms with Gasteiger partial charge in [0.05, 0.1) is 13.2 Å². The molecule has 1 saturated heterocycles. The molecule has 0 saturated carbocycles. The first-order valence-electron chi connectivity index (χ1n) is 8.43. The smallest absolute Gasteiger partial charge is 0.193 e. The molecule has 136 valence electrons. The maximum atomic E-state index is 6.02. The number of para-hydroxylation sites is 1. The maximum Gasteiger partial charge on any atom is 0.193 e. The molecule has 6 heteroatoms. The van der Waals surface area contributed by atoms with E-state index < -0.39 is 0 Å². The molecule has 0 aliphatic carbocycles. The third-order valence-electron chi connectivity index (χ3n) is 4.19. The van der Waals surface area contributed by atoms with Gasteiger partial charge in [-0.25, -0.2) is 0 Å². The molecule has 1 fully saturated rings. The van der Waals surface area contributed by atoms with Crippen LogP contribution in [-0.2, 0) is 4.74 Å². The van der Waals surface area contributed by atoms with Crippen LogP contribution in [0.3, 0.4) is 0 Å². The second kappa shape index (κ2) is 11.5. The van der Waals surface area contributed by atoms with Crippen molar-refractivity contribution >= 4 is 29.9 Å². The van der Waals surface area contributed by atoms with Crippen LogP contribution in [0.15, 0.2) is 35.3 Å². The molecule has 1 N–H and O–H groups in total. The summed E-state index contributed by atoms with van der Waals surface area (Å²) in [5, 5.41) is 3.46. The van der Waals surface area contributed by atoms with Gasteiger partial charge in [0.25, 0.3) is 0 Å². The van der Waals surface area contributed by atoms with Crippen molar-refractivity contribution in [3.63, 3.8) is 0 Å². The van der Waals surface area contributed by atoms with Gasteiger partial charge in [-0.3, -0.25) is 4.99 Å². The molecular formula is C18H30IN3O2. The van der Waals surface area contributed by atoms with Crippen LogP contribution in [0.4, 0.5) is 0 Å². The molecule has 1 aliphatic heterocycles. The van der Waals surface area contributed by atoms with E-state index in [2.05, 4.69) is 22.1 Å². The Bertz CT molecular complexity index is 484. The van der Waals surface area contributed by atoms with E-state index >= 15 is 0 Å². The van der Waals surface area contributed by atoms with E-state index in [1.54, 1.807) is 7.11 Å². The molecule has 2 unspecified atom stereocenters. The molecule has 2 rings (SSSR count). The highest BCUT2D eigenvalue weighted by Crippen LogP contribution is 2.16. The van der Waals surface area contributed by atoms with Gasteiger partial charge < -0.3 is 19.7 Å². The molecule has 1 aromatic carbocycles. The number of guanidine groups is 1. The fourth-order valence-corrected chi connectivity index (χ4v) is 2.90. The maximum absolute atomic E-state index is 6.02. The second-order valence-corrected chi connectivity index (χ2v) is 5.95. The van der Waals surface area contributed by atoms with Crippen LogP contribution < -0.4 is 10.1 Å². The van der Waals surface area contributed by atoms with Gasteiger partial charge in [0.2, 0.25) is 0 Å². The highest BCUT2D eigenvalue weighted by Gasteiger charge is 2.25. The van der Waals surface area contributed by atoms with Gasteiger partial charge in [0.15, 0.2) is 5.96 Å². The zero-order valence-electron chi connectivity index (χ0n) is 14.9. The molecule has 1 aromatic rings. The molecule has 5 nitrogen and oxygen atoms in total. The minimum atomic E-state index is 0. The Hall–Kier alpha value is -1.02. The summed E-state index contributed by atoms with van der Waals surface area (Å²) >= 11 is 0. The van der Waals surface area contributed by atoms with Gasteiger partial charge in [-0.2, -0.15) is 0 Å². The van der Waals surface area contributed by atoms with Gasteiger partial charge in [-0.05, 0) is 25.0 Å². The van der Waals surface area contributed by atoms with E-state index in [1.165, 1.54) is 0 Å². The summed E-state index contributed by atoms with van der Waals surface area (Å²) < 4.78 is 11.3. The average molecular weight is 447 g/mol. The number of nitrogens with one attached hydrogen (secondary N) is 1. The summed E-state index contributed by atoms with van der Waals surface area (Å²) in [6.45, 7) is 5.75. The van der Waals surface area contributed by atoms with Crippen LogP contribution in [0.25, 0.3) is 0 Å². The van der Waals surface area contributed by atoms with Crippen molar-refractivity contribution < 1.29 is 9.47 Å². The predicted molar refractivity (Wildman–Crippen MR) is 109 cm³/mol. The first-order valence-corrected chi connectivity index (χ1v) is 8.43. The van der Waals surface area contributed by atoms with Crippen molar-refractivity contribution in [2.45, 2.75) is 25.9 Å². The van der Waals surface area contributed by atoms with Gasteiger partial charge in [0, 0.05) is 33.2 Å². The van der Waals surface area contributed by atoms with Gasteiger partial charge >= 0.3 is 0 Å². The Morgan fingerprint density at radius 3 is 2.75 bits per heavy atom. The number of aliphatic imine (C=N–C) groups is 1. The first-order chi connectivity index (χ1) is 11.3. The average Bonchev–Trinajstić information content (AvgIpc) is 3.04. The zero-order chi connectivity index (χ0) is 16.5. The Labute approximate surface area is 162 Å². The van der Waals surface area contributed by atoms with E-state index in [-0.39, 0.29) is 30.1 Å². The molecule has 0 bridgehead atoms. The standard InChI is InChI=1S/C18H29N3O2.HI/c1-4-16(23-17-8-6-5-7-9-17)12-20-18(19-2)21-11-10-15(13-21)14-22-3;/h5-9,15-16H,4,10-14H2,1-3H3,(H,19,20);1H. The summed E-state index contributed by atoms with van der Waals surface area (Å²) in [5.74, 6) is 2.47. The molecule has 2 atom stereocenters. The van der Waals surface area contributed by atoms with Crippen molar-refractivity contribution in [1.82, 2.24) is 10.2 Å². The zero-order valence-corrected chi connectivity index (χ0v) is 17.2. The lowest BCUT2D eigenvalue weighted by Gasteiger charge is -2.24. The summed E-state index contributed by atoms with van der Waals surface area (Å²) in [6.07, 6.45) is 2.24. The van der Waals surface area contributed by atoms with Crippen LogP contribution in [0.2, 0.25) is 0 Å². The van der Waals surface area contributed by atoms with Gasteiger partial charge in [-0.15, -0.1) is 24.0 Å². The summed E-state index contributed by atoms with van der Waals surface area (Å²) in [4.78, 5) is 6.72. The van der Waals surface area contributed by atoms with Crippen molar-refractivity contribution in [3.8, 4) is 5.75 Å². The lowest BCUT2D eigenvalue weighted by molar-refractivity contribution is 0.157. The topological polar surface area (TPSA) is 46.1 Å². The minimum absolute atomic E-state index is 0. The molecular weight excluding hydrogens is 417 g/mol. The van der Waals surface area contributed by atoms with Gasteiger partial charge in [-0.1, -0.05) is 25.1 Å². The number of likely N-dealkylation sites (tertiary alicyclic amines) is 1. The van der Waals surface area contributed by atoms with Crippen LogP contribution in [0.1, 0.15) is 19.8 Å². The Balaban J connectivity index is 0.00000288. The number of nitrogens with zero attached hydrogens (tertiary/aromatic N) is 2. The van der Waals surface area contributed by atoms with E-state index in [4.69, 9.17) is 9.47 Å². The fraction of sp³-hybridized carbons (Fsp3) is 0.611. The number of halogens is 1. The van der Waals surface area contributed by atoms with Crippen molar-refractivity contribution in [3.05, 3.63) is 30.3 Å².